The number of alkyl halides is 2. The molecule has 2 aromatic heterocycles. The summed E-state index contributed by atoms with van der Waals surface area (Å²) in [5.41, 5.74) is 5.87. The molecule has 0 aliphatic carbocycles. The van der Waals surface area contributed by atoms with Crippen molar-refractivity contribution in [2.45, 2.75) is 28.4 Å². The van der Waals surface area contributed by atoms with Crippen LogP contribution in [0.4, 0.5) is 5.82 Å². The van der Waals surface area contributed by atoms with Gasteiger partial charge < -0.3 is 52.0 Å². The average Bonchev–Trinajstić information content (AvgIpc) is 3.20. The molecule has 0 saturated carbocycles. The standard InChI is InChI=1S/C11H14BCl3N5O11P3/c12-34(28,31-33(26,27)11(14,15)32(23,24)25)29-1-3-5(21)6(22)9(30-3)20-2-17-4-7(16)18-10(13)19-8(4)20/h2-3,5-6,9,21-22H,1H2,(H,26,27)(H2,16,18,19)(H2,23,24,25)/q-1/t3-,5-,6-,9-,34+/m1/s1. The molecule has 3 heterocycles. The van der Waals surface area contributed by atoms with E-state index in [2.05, 4.69) is 23.8 Å². The van der Waals surface area contributed by atoms with Crippen LogP contribution < -0.4 is 5.73 Å². The number of rotatable bonds is 8. The van der Waals surface area contributed by atoms with Gasteiger partial charge in [-0.05, 0) is 11.6 Å². The fraction of sp³-hybridized carbons (Fsp3) is 0.545. The van der Waals surface area contributed by atoms with Gasteiger partial charge in [-0.3, -0.25) is 18.0 Å². The quantitative estimate of drug-likeness (QED) is 0.104. The van der Waals surface area contributed by atoms with Gasteiger partial charge in [-0.25, -0.2) is 4.98 Å². The number of fused-ring (bicyclic) bond motifs is 1. The number of nitrogen functional groups attached to an aromatic ring is 1. The average molecular weight is 602 g/mol. The Morgan fingerprint density at radius 2 is 1.82 bits per heavy atom. The van der Waals surface area contributed by atoms with Gasteiger partial charge in [-0.2, -0.15) is 9.97 Å². The van der Waals surface area contributed by atoms with Gasteiger partial charge >= 0.3 is 19.0 Å². The number of anilines is 1. The van der Waals surface area contributed by atoms with E-state index in [9.17, 15) is 28.8 Å². The SMILES string of the molecule is [B-][P@](=O)(OC[C@H]1O[C@@H](n2cnc3c(N)nc(Cl)nc32)[C@H](O)[C@@H]1O)OP(=O)(O)C(Cl)(Cl)P(=O)(O)O. The molecule has 0 amide bonds. The van der Waals surface area contributed by atoms with Crippen LogP contribution in [0.15, 0.2) is 6.33 Å². The lowest BCUT2D eigenvalue weighted by molar-refractivity contribution is -0.0478. The Labute approximate surface area is 205 Å². The van der Waals surface area contributed by atoms with E-state index in [-0.39, 0.29) is 22.3 Å². The van der Waals surface area contributed by atoms with Gasteiger partial charge in [0.15, 0.2) is 17.7 Å². The van der Waals surface area contributed by atoms with Crippen molar-refractivity contribution < 1.29 is 52.2 Å². The third-order valence-corrected chi connectivity index (χ3v) is 12.4. The first kappa shape index (κ1) is 28.2. The van der Waals surface area contributed by atoms with Crippen LogP contribution in [0.5, 0.6) is 0 Å². The molecule has 34 heavy (non-hydrogen) atoms. The van der Waals surface area contributed by atoms with Crippen molar-refractivity contribution in [3.63, 3.8) is 0 Å². The highest BCUT2D eigenvalue weighted by Crippen LogP contribution is 2.79. The highest BCUT2D eigenvalue weighted by Gasteiger charge is 2.61. The summed E-state index contributed by atoms with van der Waals surface area (Å²) in [5.74, 6) is -0.0683. The minimum absolute atomic E-state index is 0.0439. The van der Waals surface area contributed by atoms with E-state index < -0.39 is 57.6 Å². The number of hydrogen-bond acceptors (Lipinski definition) is 12. The zero-order valence-corrected chi connectivity index (χ0v) is 21.1. The van der Waals surface area contributed by atoms with Crippen LogP contribution in [0, 0.1) is 0 Å². The van der Waals surface area contributed by atoms with Crippen LogP contribution in [0.2, 0.25) is 5.28 Å². The molecular formula is C11H14BCl3N5O11P3-. The number of aliphatic hydroxyl groups excluding tert-OH is 2. The van der Waals surface area contributed by atoms with E-state index in [1.165, 1.54) is 4.57 Å². The van der Waals surface area contributed by atoms with E-state index in [0.29, 0.717) is 0 Å². The molecule has 189 valence electrons. The predicted octanol–water partition coefficient (Wildman–Crippen LogP) is 0.443. The molecule has 23 heteroatoms. The van der Waals surface area contributed by atoms with Crippen LogP contribution in [-0.4, -0.2) is 80.7 Å². The van der Waals surface area contributed by atoms with Gasteiger partial charge in [-0.15, -0.1) is 0 Å². The highest BCUT2D eigenvalue weighted by atomic mass is 35.5. The number of halogens is 3. The lowest BCUT2D eigenvalue weighted by Gasteiger charge is -2.33. The van der Waals surface area contributed by atoms with Crippen molar-refractivity contribution in [1.82, 2.24) is 19.5 Å². The second-order valence-electron chi connectivity index (χ2n) is 6.74. The fourth-order valence-corrected chi connectivity index (χ4v) is 7.31. The normalized spacial score (nSPS) is 27.6. The summed E-state index contributed by atoms with van der Waals surface area (Å²) in [4.78, 5) is 39.4. The Balaban J connectivity index is 1.75. The smallest absolute Gasteiger partial charge is 0.381 e. The van der Waals surface area contributed by atoms with Crippen molar-refractivity contribution in [3.8, 4) is 0 Å². The summed E-state index contributed by atoms with van der Waals surface area (Å²) in [6.07, 6.45) is -4.94. The second-order valence-corrected chi connectivity index (χ2v) is 15.3. The number of nitrogens with zero attached hydrogens (tertiary/aromatic N) is 4. The lowest BCUT2D eigenvalue weighted by Crippen LogP contribution is -2.33. The molecular weight excluding hydrogens is 588 g/mol. The summed E-state index contributed by atoms with van der Waals surface area (Å²) in [5, 5.41) is 20.4. The summed E-state index contributed by atoms with van der Waals surface area (Å²) in [6, 6.07) is 0. The Morgan fingerprint density at radius 3 is 2.41 bits per heavy atom. The predicted molar refractivity (Wildman–Crippen MR) is 117 cm³/mol. The van der Waals surface area contributed by atoms with Crippen LogP contribution >= 0.6 is 57.5 Å². The maximum atomic E-state index is 12.3. The molecule has 1 saturated heterocycles. The molecule has 7 N–H and O–H groups in total. The monoisotopic (exact) mass is 601 g/mol. The number of aromatic nitrogens is 4. The van der Waals surface area contributed by atoms with Crippen LogP contribution in [0.1, 0.15) is 6.23 Å². The fourth-order valence-electron chi connectivity index (χ4n) is 2.76. The molecule has 1 unspecified atom stereocenters. The van der Waals surface area contributed by atoms with E-state index in [0.717, 1.165) is 6.33 Å². The minimum atomic E-state index is -5.76. The van der Waals surface area contributed by atoms with Crippen molar-refractivity contribution in [2.75, 3.05) is 12.3 Å². The summed E-state index contributed by atoms with van der Waals surface area (Å²) in [7, 11) is -11.3. The van der Waals surface area contributed by atoms with Gasteiger partial charge in [-0.1, -0.05) is 23.2 Å². The van der Waals surface area contributed by atoms with Crippen LogP contribution in [-0.2, 0) is 27.3 Å². The van der Waals surface area contributed by atoms with E-state index >= 15 is 0 Å². The first-order valence-electron chi connectivity index (χ1n) is 8.56. The number of nitrogens with two attached hydrogens (primary N) is 1. The van der Waals surface area contributed by atoms with E-state index in [1.807, 2.05) is 0 Å². The van der Waals surface area contributed by atoms with Gasteiger partial charge in [0.25, 0.3) is 0 Å². The molecule has 16 nitrogen and oxygen atoms in total. The zero-order valence-electron chi connectivity index (χ0n) is 16.2. The Kier molecular flexibility index (Phi) is 7.90. The largest absolute Gasteiger partial charge is 0.443 e. The van der Waals surface area contributed by atoms with E-state index in [1.54, 1.807) is 0 Å². The molecule has 0 spiro atoms. The molecule has 3 rings (SSSR count). The number of imidazole rings is 1. The van der Waals surface area contributed by atoms with Gasteiger partial charge in [0.2, 0.25) is 5.28 Å². The number of aliphatic hydroxyl groups is 2. The van der Waals surface area contributed by atoms with Crippen molar-refractivity contribution in [2.24, 2.45) is 0 Å². The molecule has 1 fully saturated rings. The summed E-state index contributed by atoms with van der Waals surface area (Å²) in [6.45, 7) is -0.902. The first-order valence-corrected chi connectivity index (χ1v) is 14.5. The maximum Gasteiger partial charge on any atom is 0.381 e. The Hall–Kier alpha value is -0.345. The minimum Gasteiger partial charge on any atom is -0.443 e. The van der Waals surface area contributed by atoms with Crippen molar-refractivity contribution in [1.29, 1.82) is 0 Å². The maximum absolute atomic E-state index is 12.3. The molecule has 0 aromatic carbocycles. The summed E-state index contributed by atoms with van der Waals surface area (Å²) < 4.78 is 47.4. The van der Waals surface area contributed by atoms with Crippen LogP contribution in [0.3, 0.4) is 0 Å². The number of hydrogen-bond donors (Lipinski definition) is 6. The number of ether oxygens (including phenoxy) is 1. The molecule has 2 aromatic rings. The molecule has 3 radical (unpaired) electrons. The van der Waals surface area contributed by atoms with Crippen molar-refractivity contribution in [3.05, 3.63) is 11.6 Å². The van der Waals surface area contributed by atoms with Crippen LogP contribution in [0.25, 0.3) is 11.2 Å². The Morgan fingerprint density at radius 1 is 1.21 bits per heavy atom. The van der Waals surface area contributed by atoms with E-state index in [4.69, 9.17) is 62.6 Å². The lowest BCUT2D eigenvalue weighted by atomic mass is 10.1. The molecule has 1 aliphatic heterocycles. The second kappa shape index (κ2) is 9.51. The van der Waals surface area contributed by atoms with Gasteiger partial charge in [0.1, 0.15) is 23.8 Å². The molecule has 1 aliphatic rings. The zero-order chi connectivity index (χ0) is 25.9. The molecule has 0 bridgehead atoms. The first-order chi connectivity index (χ1) is 15.4. The Bertz CT molecular complexity index is 1250. The third kappa shape index (κ3) is 5.34. The highest BCUT2D eigenvalue weighted by molar-refractivity contribution is 7.88. The summed E-state index contributed by atoms with van der Waals surface area (Å²) >= 11 is 16.2. The van der Waals surface area contributed by atoms with Gasteiger partial charge in [0.05, 0.1) is 20.4 Å². The molecule has 6 atom stereocenters. The topological polar surface area (TPSA) is 250 Å². The van der Waals surface area contributed by atoms with Crippen molar-refractivity contribution >= 4 is 82.0 Å². The third-order valence-electron chi connectivity index (χ3n) is 4.37. The van der Waals surface area contributed by atoms with Gasteiger partial charge in [0, 0.05) is 0 Å².